The third-order valence-electron chi connectivity index (χ3n) is 3.94. The first-order valence-corrected chi connectivity index (χ1v) is 7.98. The van der Waals surface area contributed by atoms with Crippen LogP contribution < -0.4 is 4.90 Å². The Kier molecular flexibility index (Phi) is 5.81. The molecule has 0 spiro atoms. The minimum atomic E-state index is -0.980. The Bertz CT molecular complexity index is 507. The number of hydrogen-bond donors (Lipinski definition) is 1. The van der Waals surface area contributed by atoms with Crippen molar-refractivity contribution in [3.05, 3.63) is 29.8 Å². The molecule has 0 atom stereocenters. The van der Waals surface area contributed by atoms with Gasteiger partial charge in [0.15, 0.2) is 0 Å². The van der Waals surface area contributed by atoms with Crippen molar-refractivity contribution in [3.63, 3.8) is 0 Å². The Hall–Kier alpha value is -2.04. The third-order valence-corrected chi connectivity index (χ3v) is 3.94. The molecular formula is C17H24N2O3. The highest BCUT2D eigenvalue weighted by Gasteiger charge is 2.18. The molecule has 0 saturated carbocycles. The van der Waals surface area contributed by atoms with Gasteiger partial charge in [-0.2, -0.15) is 0 Å². The number of hydrogen-bond acceptors (Lipinski definition) is 3. The van der Waals surface area contributed by atoms with E-state index in [9.17, 15) is 9.59 Å². The van der Waals surface area contributed by atoms with Crippen LogP contribution in [0.3, 0.4) is 0 Å². The lowest BCUT2D eigenvalue weighted by Gasteiger charge is -2.29. The number of rotatable bonds is 6. The molecule has 0 unspecified atom stereocenters. The molecule has 5 heteroatoms. The SMILES string of the molecule is CCCN(CC(=O)O)C(=O)c1ccc(N2CCCCC2)cc1. The zero-order chi connectivity index (χ0) is 15.9. The van der Waals surface area contributed by atoms with E-state index in [1.165, 1.54) is 24.2 Å². The maximum Gasteiger partial charge on any atom is 0.323 e. The predicted molar refractivity (Wildman–Crippen MR) is 86.3 cm³/mol. The Morgan fingerprint density at radius 2 is 1.77 bits per heavy atom. The van der Waals surface area contributed by atoms with Crippen LogP contribution in [0.15, 0.2) is 24.3 Å². The topological polar surface area (TPSA) is 60.9 Å². The molecule has 1 fully saturated rings. The minimum absolute atomic E-state index is 0.213. The molecule has 1 aliphatic heterocycles. The first kappa shape index (κ1) is 16.3. The summed E-state index contributed by atoms with van der Waals surface area (Å²) in [5.41, 5.74) is 1.69. The summed E-state index contributed by atoms with van der Waals surface area (Å²) in [4.78, 5) is 27.0. The van der Waals surface area contributed by atoms with Gasteiger partial charge in [0.05, 0.1) is 0 Å². The molecule has 5 nitrogen and oxygen atoms in total. The van der Waals surface area contributed by atoms with Gasteiger partial charge in [0, 0.05) is 30.9 Å². The van der Waals surface area contributed by atoms with Crippen molar-refractivity contribution in [2.45, 2.75) is 32.6 Å². The van der Waals surface area contributed by atoms with Gasteiger partial charge >= 0.3 is 5.97 Å². The zero-order valence-corrected chi connectivity index (χ0v) is 13.1. The van der Waals surface area contributed by atoms with E-state index in [-0.39, 0.29) is 12.5 Å². The molecule has 2 rings (SSSR count). The van der Waals surface area contributed by atoms with Gasteiger partial charge in [0.25, 0.3) is 5.91 Å². The minimum Gasteiger partial charge on any atom is -0.480 e. The summed E-state index contributed by atoms with van der Waals surface area (Å²) in [6.45, 7) is 4.27. The van der Waals surface area contributed by atoms with Gasteiger partial charge < -0.3 is 14.9 Å². The maximum absolute atomic E-state index is 12.4. The van der Waals surface area contributed by atoms with E-state index in [4.69, 9.17) is 5.11 Å². The van der Waals surface area contributed by atoms with Gasteiger partial charge in [-0.3, -0.25) is 9.59 Å². The average Bonchev–Trinajstić information content (AvgIpc) is 2.54. The van der Waals surface area contributed by atoms with E-state index in [1.807, 2.05) is 19.1 Å². The molecule has 0 aliphatic carbocycles. The first-order chi connectivity index (χ1) is 10.6. The Morgan fingerprint density at radius 3 is 2.32 bits per heavy atom. The van der Waals surface area contributed by atoms with Gasteiger partial charge in [0.2, 0.25) is 0 Å². The van der Waals surface area contributed by atoms with Crippen LogP contribution in [0, 0.1) is 0 Å². The standard InChI is InChI=1S/C17H24N2O3/c1-2-10-19(13-16(20)21)17(22)14-6-8-15(9-7-14)18-11-4-3-5-12-18/h6-9H,2-5,10-13H2,1H3,(H,20,21). The molecule has 1 N–H and O–H groups in total. The number of carbonyl (C=O) groups is 2. The molecule has 1 aromatic carbocycles. The monoisotopic (exact) mass is 304 g/mol. The number of aliphatic carboxylic acids is 1. The van der Waals surface area contributed by atoms with Gasteiger partial charge in [-0.05, 0) is 49.9 Å². The fraction of sp³-hybridized carbons (Fsp3) is 0.529. The summed E-state index contributed by atoms with van der Waals surface area (Å²) < 4.78 is 0. The molecule has 0 radical (unpaired) electrons. The van der Waals surface area contributed by atoms with Gasteiger partial charge in [-0.15, -0.1) is 0 Å². The summed E-state index contributed by atoms with van der Waals surface area (Å²) in [6, 6.07) is 7.53. The van der Waals surface area contributed by atoms with Crippen molar-refractivity contribution in [1.82, 2.24) is 4.90 Å². The fourth-order valence-corrected chi connectivity index (χ4v) is 2.84. The first-order valence-electron chi connectivity index (χ1n) is 7.98. The van der Waals surface area contributed by atoms with E-state index < -0.39 is 5.97 Å². The van der Waals surface area contributed by atoms with Crippen molar-refractivity contribution in [1.29, 1.82) is 0 Å². The highest BCUT2D eigenvalue weighted by Crippen LogP contribution is 2.20. The molecular weight excluding hydrogens is 280 g/mol. The number of piperidine rings is 1. The van der Waals surface area contributed by atoms with Crippen molar-refractivity contribution >= 4 is 17.6 Å². The molecule has 0 aromatic heterocycles. The second-order valence-electron chi connectivity index (χ2n) is 5.72. The van der Waals surface area contributed by atoms with Crippen LogP contribution in [0.25, 0.3) is 0 Å². The van der Waals surface area contributed by atoms with Crippen LogP contribution >= 0.6 is 0 Å². The van der Waals surface area contributed by atoms with E-state index >= 15 is 0 Å². The van der Waals surface area contributed by atoms with Crippen LogP contribution in [0.2, 0.25) is 0 Å². The Morgan fingerprint density at radius 1 is 1.14 bits per heavy atom. The Balaban J connectivity index is 2.07. The van der Waals surface area contributed by atoms with Crippen molar-refractivity contribution in [2.24, 2.45) is 0 Å². The van der Waals surface area contributed by atoms with Crippen molar-refractivity contribution < 1.29 is 14.7 Å². The van der Waals surface area contributed by atoms with Crippen molar-refractivity contribution in [3.8, 4) is 0 Å². The third kappa shape index (κ3) is 4.23. The average molecular weight is 304 g/mol. The summed E-state index contributed by atoms with van der Waals surface area (Å²) >= 11 is 0. The summed E-state index contributed by atoms with van der Waals surface area (Å²) in [7, 11) is 0. The summed E-state index contributed by atoms with van der Waals surface area (Å²) in [5, 5.41) is 8.92. The fourth-order valence-electron chi connectivity index (χ4n) is 2.84. The number of carboxylic acids is 1. The van der Waals surface area contributed by atoms with Crippen LogP contribution in [0.1, 0.15) is 43.0 Å². The molecule has 0 bridgehead atoms. The predicted octanol–water partition coefficient (Wildman–Crippen LogP) is 2.61. The smallest absolute Gasteiger partial charge is 0.323 e. The quantitative estimate of drug-likeness (QED) is 0.877. The molecule has 22 heavy (non-hydrogen) atoms. The molecule has 1 amide bonds. The van der Waals surface area contributed by atoms with Gasteiger partial charge in [-0.25, -0.2) is 0 Å². The van der Waals surface area contributed by atoms with E-state index in [2.05, 4.69) is 4.90 Å². The summed E-state index contributed by atoms with van der Waals surface area (Å²) in [5.74, 6) is -1.19. The second kappa shape index (κ2) is 7.82. The van der Waals surface area contributed by atoms with Gasteiger partial charge in [-0.1, -0.05) is 6.92 Å². The highest BCUT2D eigenvalue weighted by atomic mass is 16.4. The lowest BCUT2D eigenvalue weighted by molar-refractivity contribution is -0.137. The number of nitrogens with zero attached hydrogens (tertiary/aromatic N) is 2. The number of carbonyl (C=O) groups excluding carboxylic acids is 1. The van der Waals surface area contributed by atoms with Gasteiger partial charge in [0.1, 0.15) is 6.54 Å². The van der Waals surface area contributed by atoms with E-state index in [0.717, 1.165) is 25.2 Å². The number of benzene rings is 1. The van der Waals surface area contributed by atoms with Crippen LogP contribution in [0.4, 0.5) is 5.69 Å². The molecule has 120 valence electrons. The normalized spacial score (nSPS) is 14.7. The van der Waals surface area contributed by atoms with Crippen LogP contribution in [-0.2, 0) is 4.79 Å². The number of anilines is 1. The Labute approximate surface area is 131 Å². The lowest BCUT2D eigenvalue weighted by Crippen LogP contribution is -2.36. The molecule has 1 heterocycles. The second-order valence-corrected chi connectivity index (χ2v) is 5.72. The summed E-state index contributed by atoms with van der Waals surface area (Å²) in [6.07, 6.45) is 4.45. The molecule has 1 aromatic rings. The van der Waals surface area contributed by atoms with Crippen LogP contribution in [-0.4, -0.2) is 48.1 Å². The van der Waals surface area contributed by atoms with Crippen molar-refractivity contribution in [2.75, 3.05) is 31.1 Å². The number of amides is 1. The van der Waals surface area contributed by atoms with Crippen LogP contribution in [0.5, 0.6) is 0 Å². The molecule has 1 aliphatic rings. The largest absolute Gasteiger partial charge is 0.480 e. The highest BCUT2D eigenvalue weighted by molar-refractivity contribution is 5.96. The molecule has 1 saturated heterocycles. The number of carboxylic acid groups (broad SMARTS) is 1. The maximum atomic E-state index is 12.4. The zero-order valence-electron chi connectivity index (χ0n) is 13.1. The van der Waals surface area contributed by atoms with E-state index in [1.54, 1.807) is 12.1 Å². The van der Waals surface area contributed by atoms with E-state index in [0.29, 0.717) is 12.1 Å². The lowest BCUT2D eigenvalue weighted by atomic mass is 10.1.